The van der Waals surface area contributed by atoms with Crippen molar-refractivity contribution in [1.29, 1.82) is 0 Å². The van der Waals surface area contributed by atoms with E-state index in [1.54, 1.807) is 42.5 Å². The minimum atomic E-state index is -0.939. The van der Waals surface area contributed by atoms with Crippen molar-refractivity contribution in [3.05, 3.63) is 82.9 Å². The molecule has 9 heteroatoms. The number of aromatic hydroxyl groups is 1. The third-order valence-corrected chi connectivity index (χ3v) is 7.71. The summed E-state index contributed by atoms with van der Waals surface area (Å²) >= 11 is 1.26. The van der Waals surface area contributed by atoms with Crippen LogP contribution in [0.25, 0.3) is 16.0 Å². The van der Waals surface area contributed by atoms with Gasteiger partial charge in [-0.25, -0.2) is 4.98 Å². The molecule has 2 N–H and O–H groups in total. The van der Waals surface area contributed by atoms with Crippen LogP contribution < -0.4 is 14.4 Å². The van der Waals surface area contributed by atoms with Crippen LogP contribution in [0.15, 0.2) is 66.2 Å². The molecule has 0 bridgehead atoms. The van der Waals surface area contributed by atoms with Gasteiger partial charge in [0.05, 0.1) is 28.4 Å². The molecular weight excluding hydrogens is 504 g/mol. The number of aromatic nitrogens is 1. The fourth-order valence-corrected chi connectivity index (χ4v) is 6.00. The van der Waals surface area contributed by atoms with Crippen molar-refractivity contribution in [1.82, 2.24) is 4.98 Å². The Morgan fingerprint density at radius 1 is 1.13 bits per heavy atom. The van der Waals surface area contributed by atoms with Gasteiger partial charge in [0.2, 0.25) is 0 Å². The van der Waals surface area contributed by atoms with E-state index in [0.717, 1.165) is 16.0 Å². The zero-order valence-electron chi connectivity index (χ0n) is 20.7. The predicted octanol–water partition coefficient (Wildman–Crippen LogP) is 5.35. The smallest absolute Gasteiger partial charge is 0.301 e. The molecule has 1 aromatic heterocycles. The maximum absolute atomic E-state index is 13.5. The Balaban J connectivity index is 1.50. The van der Waals surface area contributed by atoms with Crippen molar-refractivity contribution >= 4 is 44.1 Å². The van der Waals surface area contributed by atoms with Crippen LogP contribution in [0, 0.1) is 0 Å². The average molecular weight is 529 g/mol. The molecule has 2 atom stereocenters. The molecule has 1 fully saturated rings. The number of phenols is 1. The number of rotatable bonds is 5. The van der Waals surface area contributed by atoms with Crippen LogP contribution in [-0.4, -0.2) is 39.6 Å². The molecule has 0 saturated carbocycles. The molecule has 1 amide bonds. The zero-order valence-corrected chi connectivity index (χ0v) is 21.5. The second kappa shape index (κ2) is 9.18. The van der Waals surface area contributed by atoms with Crippen LogP contribution in [0.4, 0.5) is 5.13 Å². The summed E-state index contributed by atoms with van der Waals surface area (Å²) in [5.74, 6) is -0.396. The number of ether oxygens (including phenoxy) is 2. The van der Waals surface area contributed by atoms with E-state index in [4.69, 9.17) is 9.47 Å². The van der Waals surface area contributed by atoms with Gasteiger partial charge in [-0.05, 0) is 73.5 Å². The number of Topliss-reactive ketones (excluding diaryl/α,β-unsaturated/α-hetero) is 1. The number of nitrogens with zero attached hydrogens (tertiary/aromatic N) is 2. The van der Waals surface area contributed by atoms with E-state index in [-0.39, 0.29) is 23.2 Å². The second-order valence-electron chi connectivity index (χ2n) is 9.27. The van der Waals surface area contributed by atoms with Crippen molar-refractivity contribution in [3.63, 3.8) is 0 Å². The first-order valence-electron chi connectivity index (χ1n) is 12.3. The number of carbonyl (C=O) groups is 2. The second-order valence-corrected chi connectivity index (χ2v) is 10.3. The highest BCUT2D eigenvalue weighted by Gasteiger charge is 2.48. The van der Waals surface area contributed by atoms with E-state index >= 15 is 0 Å². The van der Waals surface area contributed by atoms with Crippen molar-refractivity contribution in [2.75, 3.05) is 11.5 Å². The van der Waals surface area contributed by atoms with Gasteiger partial charge >= 0.3 is 5.91 Å². The minimum Gasteiger partial charge on any atom is -0.508 e. The fourth-order valence-electron chi connectivity index (χ4n) is 4.98. The maximum Gasteiger partial charge on any atom is 0.301 e. The Kier molecular flexibility index (Phi) is 5.80. The quantitative estimate of drug-likeness (QED) is 0.204. The molecule has 4 aromatic rings. The molecule has 1 saturated heterocycles. The Bertz CT molecular complexity index is 1620. The number of fused-ring (bicyclic) bond motifs is 2. The molecular formula is C29H24N2O6S. The molecule has 3 aromatic carbocycles. The molecule has 8 nitrogen and oxygen atoms in total. The molecule has 0 radical (unpaired) electrons. The first-order valence-corrected chi connectivity index (χ1v) is 13.1. The number of aliphatic hydroxyl groups excluding tert-OH is 1. The Morgan fingerprint density at radius 2 is 1.92 bits per heavy atom. The van der Waals surface area contributed by atoms with Crippen LogP contribution >= 0.6 is 11.3 Å². The minimum absolute atomic E-state index is 0.0206. The van der Waals surface area contributed by atoms with Crippen molar-refractivity contribution in [3.8, 4) is 17.2 Å². The van der Waals surface area contributed by atoms with Gasteiger partial charge in [-0.2, -0.15) is 0 Å². The van der Waals surface area contributed by atoms with Crippen LogP contribution in [0.5, 0.6) is 17.2 Å². The van der Waals surface area contributed by atoms with Crippen LogP contribution in [0.2, 0.25) is 0 Å². The van der Waals surface area contributed by atoms with Gasteiger partial charge in [0.15, 0.2) is 5.13 Å². The summed E-state index contributed by atoms with van der Waals surface area (Å²) in [4.78, 5) is 32.9. The van der Waals surface area contributed by atoms with E-state index < -0.39 is 17.7 Å². The van der Waals surface area contributed by atoms with Crippen molar-refractivity contribution in [2.45, 2.75) is 32.4 Å². The monoisotopic (exact) mass is 528 g/mol. The van der Waals surface area contributed by atoms with Gasteiger partial charge in [0.25, 0.3) is 5.78 Å². The highest BCUT2D eigenvalue weighted by Crippen LogP contribution is 2.45. The van der Waals surface area contributed by atoms with Gasteiger partial charge < -0.3 is 19.7 Å². The van der Waals surface area contributed by atoms with Gasteiger partial charge in [0.1, 0.15) is 29.1 Å². The number of amides is 1. The largest absolute Gasteiger partial charge is 0.508 e. The summed E-state index contributed by atoms with van der Waals surface area (Å²) in [6, 6.07) is 16.0. The van der Waals surface area contributed by atoms with E-state index in [9.17, 15) is 19.8 Å². The van der Waals surface area contributed by atoms with Gasteiger partial charge in [-0.15, -0.1) is 0 Å². The topological polar surface area (TPSA) is 109 Å². The number of benzene rings is 3. The summed E-state index contributed by atoms with van der Waals surface area (Å²) in [7, 11) is 0. The summed E-state index contributed by atoms with van der Waals surface area (Å²) in [6.45, 7) is 4.37. The molecule has 0 unspecified atom stereocenters. The number of aliphatic hydroxyl groups is 1. The normalized spacial score (nSPS) is 20.1. The fraction of sp³-hybridized carbons (Fsp3) is 0.207. The molecule has 6 rings (SSSR count). The van der Waals surface area contributed by atoms with Crippen molar-refractivity contribution < 1.29 is 29.3 Å². The van der Waals surface area contributed by atoms with Gasteiger partial charge in [-0.3, -0.25) is 14.5 Å². The number of anilines is 1. The molecule has 38 heavy (non-hydrogen) atoms. The van der Waals surface area contributed by atoms with Gasteiger partial charge in [0, 0.05) is 12.0 Å². The Labute approximate surface area is 222 Å². The van der Waals surface area contributed by atoms with Crippen LogP contribution in [-0.2, 0) is 16.0 Å². The third-order valence-electron chi connectivity index (χ3n) is 6.69. The van der Waals surface area contributed by atoms with Crippen LogP contribution in [0.1, 0.15) is 36.6 Å². The lowest BCUT2D eigenvalue weighted by molar-refractivity contribution is -0.132. The van der Waals surface area contributed by atoms with E-state index in [2.05, 4.69) is 4.98 Å². The number of thiazole rings is 1. The summed E-state index contributed by atoms with van der Waals surface area (Å²) in [6.07, 6.45) is 0.703. The molecule has 0 aliphatic carbocycles. The zero-order chi connectivity index (χ0) is 26.6. The lowest BCUT2D eigenvalue weighted by Gasteiger charge is -2.23. The molecule has 0 spiro atoms. The molecule has 2 aliphatic rings. The maximum atomic E-state index is 13.5. The van der Waals surface area contributed by atoms with Crippen LogP contribution in [0.3, 0.4) is 0 Å². The highest BCUT2D eigenvalue weighted by atomic mass is 32.1. The first-order chi connectivity index (χ1) is 18.3. The van der Waals surface area contributed by atoms with E-state index in [0.29, 0.717) is 40.6 Å². The van der Waals surface area contributed by atoms with E-state index in [1.807, 2.05) is 19.9 Å². The average Bonchev–Trinajstić information content (AvgIpc) is 3.56. The van der Waals surface area contributed by atoms with Gasteiger partial charge in [-0.1, -0.05) is 23.5 Å². The highest BCUT2D eigenvalue weighted by molar-refractivity contribution is 7.22. The molecule has 192 valence electrons. The predicted molar refractivity (Wildman–Crippen MR) is 144 cm³/mol. The summed E-state index contributed by atoms with van der Waals surface area (Å²) < 4.78 is 12.2. The number of hydrogen-bond acceptors (Lipinski definition) is 8. The number of carbonyl (C=O) groups excluding carboxylic acids is 2. The number of phenolic OH excluding ortho intramolecular Hbond substituents is 1. The summed E-state index contributed by atoms with van der Waals surface area (Å²) in [5.41, 5.74) is 2.52. The van der Waals surface area contributed by atoms with Crippen molar-refractivity contribution in [2.24, 2.45) is 0 Å². The number of ketones is 1. The Hall–Kier alpha value is -4.37. The number of hydrogen-bond donors (Lipinski definition) is 2. The Morgan fingerprint density at radius 3 is 2.68 bits per heavy atom. The lowest BCUT2D eigenvalue weighted by atomic mass is 9.94. The SMILES string of the molecule is CCOc1ccc2nc(N3C(=O)C(=O)C(=C(O)c4ccc5c(c4)C[C@@H](C)O5)[C@H]3c3ccc(O)cc3)sc2c1. The van der Waals surface area contributed by atoms with E-state index in [1.165, 1.54) is 28.4 Å². The lowest BCUT2D eigenvalue weighted by Crippen LogP contribution is -2.29. The molecule has 3 heterocycles. The summed E-state index contributed by atoms with van der Waals surface area (Å²) in [5, 5.41) is 21.6. The first kappa shape index (κ1) is 24.0. The molecule has 2 aliphatic heterocycles. The standard InChI is InChI=1S/C29H24N2O6S/c1-3-36-20-9-10-21-23(14-20)38-29(30-21)31-25(16-4-7-19(32)8-5-16)24(27(34)28(31)35)26(33)17-6-11-22-18(13-17)12-15(2)37-22/h4-11,13-15,25,32-33H,3,12H2,1-2H3/t15-,25-/m1/s1. The third kappa shape index (κ3) is 3.95.